The summed E-state index contributed by atoms with van der Waals surface area (Å²) in [6.45, 7) is 0.0848. The second kappa shape index (κ2) is 3.80. The number of aliphatic hydroxyl groups excluding tert-OH is 1. The van der Waals surface area contributed by atoms with Gasteiger partial charge in [0.2, 0.25) is 0 Å². The number of hydrogen-bond donors (Lipinski definition) is 1. The summed E-state index contributed by atoms with van der Waals surface area (Å²) in [6.07, 6.45) is 1.35. The molecule has 1 unspecified atom stereocenters. The van der Waals surface area contributed by atoms with Crippen LogP contribution in [0.4, 0.5) is 0 Å². The Morgan fingerprint density at radius 1 is 2.00 bits per heavy atom. The van der Waals surface area contributed by atoms with Gasteiger partial charge in [0.15, 0.2) is 0 Å². The highest BCUT2D eigenvalue weighted by Gasteiger charge is 1.89. The lowest BCUT2D eigenvalue weighted by Gasteiger charge is -1.91. The molecule has 0 aromatic heterocycles. The summed E-state index contributed by atoms with van der Waals surface area (Å²) in [6, 6.07) is 0. The maximum Gasteiger partial charge on any atom is 0.120 e. The minimum atomic E-state index is 0.0848. The highest BCUT2D eigenvalue weighted by molar-refractivity contribution is 6.13. The topological polar surface area (TPSA) is 37.3 Å². The summed E-state index contributed by atoms with van der Waals surface area (Å²) < 4.78 is 0. The summed E-state index contributed by atoms with van der Waals surface area (Å²) in [7, 11) is 0.831. The molecule has 7 heavy (non-hydrogen) atoms. The predicted octanol–water partition coefficient (Wildman–Crippen LogP) is -1.48. The van der Waals surface area contributed by atoms with Gasteiger partial charge in [-0.3, -0.25) is 0 Å². The van der Waals surface area contributed by atoms with Gasteiger partial charge < -0.3 is 5.11 Å². The van der Waals surface area contributed by atoms with Gasteiger partial charge in [0.05, 0.1) is 0 Å². The molecule has 3 heteroatoms. The van der Waals surface area contributed by atoms with E-state index in [4.69, 9.17) is 5.11 Å². The molecule has 0 heterocycles. The zero-order valence-electron chi connectivity index (χ0n) is 4.22. The van der Waals surface area contributed by atoms with Crippen LogP contribution in [0.2, 0.25) is 5.54 Å². The third kappa shape index (κ3) is 3.46. The molecule has 0 saturated heterocycles. The molecule has 0 spiro atoms. The average molecular weight is 116 g/mol. The van der Waals surface area contributed by atoms with Crippen LogP contribution in [0.5, 0.6) is 0 Å². The molecule has 1 N–H and O–H groups in total. The van der Waals surface area contributed by atoms with Crippen LogP contribution in [0.3, 0.4) is 0 Å². The third-order valence-electron chi connectivity index (χ3n) is 0.641. The average Bonchev–Trinajstić information content (AvgIpc) is 1.68. The van der Waals surface area contributed by atoms with Gasteiger partial charge >= 0.3 is 0 Å². The summed E-state index contributed by atoms with van der Waals surface area (Å²) in [4.78, 5) is 9.50. The first-order valence-electron chi connectivity index (χ1n) is 2.13. The highest BCUT2D eigenvalue weighted by Crippen LogP contribution is 1.92. The molecular formula is C4H8O2Si. The lowest BCUT2D eigenvalue weighted by atomic mass is 10.4. The van der Waals surface area contributed by atoms with E-state index in [0.717, 1.165) is 10.2 Å². The quantitative estimate of drug-likeness (QED) is 0.353. The summed E-state index contributed by atoms with van der Waals surface area (Å²) in [5, 5.41) is 8.29. The Hall–Kier alpha value is -0.373. The van der Waals surface area contributed by atoms with Gasteiger partial charge in [0.25, 0.3) is 0 Å². The van der Waals surface area contributed by atoms with Crippen molar-refractivity contribution in [2.45, 2.75) is 5.54 Å². The van der Waals surface area contributed by atoms with Crippen LogP contribution >= 0.6 is 0 Å². The van der Waals surface area contributed by atoms with Crippen molar-refractivity contribution >= 4 is 16.2 Å². The molecule has 0 radical (unpaired) electrons. The van der Waals surface area contributed by atoms with Crippen LogP contribution in [0, 0.1) is 0 Å². The van der Waals surface area contributed by atoms with Gasteiger partial charge in [0, 0.05) is 22.9 Å². The Morgan fingerprint density at radius 3 is 2.71 bits per heavy atom. The Kier molecular flexibility index (Phi) is 3.60. The SMILES string of the molecule is O=C=CC([SiH3])CO. The molecule has 0 saturated carbocycles. The van der Waals surface area contributed by atoms with Gasteiger partial charge in [-0.25, -0.2) is 4.79 Å². The maximum absolute atomic E-state index is 9.50. The molecule has 0 aliphatic heterocycles. The summed E-state index contributed by atoms with van der Waals surface area (Å²) in [5.41, 5.74) is 0.0949. The van der Waals surface area contributed by atoms with Crippen LogP contribution in [-0.4, -0.2) is 27.9 Å². The van der Waals surface area contributed by atoms with Crippen molar-refractivity contribution in [3.63, 3.8) is 0 Å². The fourth-order valence-corrected chi connectivity index (χ4v) is 0.305. The minimum Gasteiger partial charge on any atom is -0.396 e. The molecule has 0 fully saturated rings. The lowest BCUT2D eigenvalue weighted by Crippen LogP contribution is -1.92. The Labute approximate surface area is 45.3 Å². The number of rotatable bonds is 2. The van der Waals surface area contributed by atoms with Gasteiger partial charge in [-0.2, -0.15) is 0 Å². The molecule has 0 amide bonds. The van der Waals surface area contributed by atoms with Crippen molar-refractivity contribution in [2.24, 2.45) is 0 Å². The second-order valence-electron chi connectivity index (χ2n) is 1.44. The van der Waals surface area contributed by atoms with E-state index in [-0.39, 0.29) is 12.1 Å². The van der Waals surface area contributed by atoms with E-state index in [1.54, 1.807) is 5.94 Å². The minimum absolute atomic E-state index is 0.0848. The highest BCUT2D eigenvalue weighted by atomic mass is 28.1. The van der Waals surface area contributed by atoms with Gasteiger partial charge in [-0.1, -0.05) is 0 Å². The Morgan fingerprint density at radius 2 is 2.57 bits per heavy atom. The monoisotopic (exact) mass is 116 g/mol. The van der Waals surface area contributed by atoms with Gasteiger partial charge in [-0.15, -0.1) is 0 Å². The zero-order chi connectivity index (χ0) is 5.70. The first kappa shape index (κ1) is 6.63. The normalized spacial score (nSPS) is 12.7. The van der Waals surface area contributed by atoms with E-state index in [1.165, 1.54) is 6.08 Å². The lowest BCUT2D eigenvalue weighted by molar-refractivity contribution is 0.303. The summed E-state index contributed by atoms with van der Waals surface area (Å²) >= 11 is 0. The van der Waals surface area contributed by atoms with Crippen LogP contribution in [0.25, 0.3) is 0 Å². The predicted molar refractivity (Wildman–Crippen MR) is 31.0 cm³/mol. The van der Waals surface area contributed by atoms with Crippen molar-refractivity contribution in [3.8, 4) is 0 Å². The molecule has 0 bridgehead atoms. The molecule has 0 aliphatic carbocycles. The van der Waals surface area contributed by atoms with Gasteiger partial charge in [-0.05, 0) is 5.54 Å². The van der Waals surface area contributed by atoms with E-state index in [2.05, 4.69) is 0 Å². The van der Waals surface area contributed by atoms with Crippen LogP contribution in [0.1, 0.15) is 0 Å². The standard InChI is InChI=1S/C4H8O2Si/c5-2-1-4(7)3-6/h1,4,6H,3H2,7H3. The number of hydrogen-bond acceptors (Lipinski definition) is 2. The third-order valence-corrected chi connectivity index (χ3v) is 1.34. The van der Waals surface area contributed by atoms with Crippen molar-refractivity contribution in [3.05, 3.63) is 6.08 Å². The van der Waals surface area contributed by atoms with Crippen molar-refractivity contribution in [1.29, 1.82) is 0 Å². The first-order chi connectivity index (χ1) is 3.31. The van der Waals surface area contributed by atoms with Crippen molar-refractivity contribution in [1.82, 2.24) is 0 Å². The largest absolute Gasteiger partial charge is 0.396 e. The number of aliphatic hydroxyl groups is 1. The molecule has 2 nitrogen and oxygen atoms in total. The molecule has 1 atom stereocenters. The van der Waals surface area contributed by atoms with E-state index in [9.17, 15) is 4.79 Å². The molecule has 0 aliphatic rings. The zero-order valence-corrected chi connectivity index (χ0v) is 6.22. The van der Waals surface area contributed by atoms with Crippen LogP contribution < -0.4 is 0 Å². The van der Waals surface area contributed by atoms with Gasteiger partial charge in [0.1, 0.15) is 5.94 Å². The fourth-order valence-electron chi connectivity index (χ4n) is 0.169. The molecule has 0 aromatic carbocycles. The molecule has 40 valence electrons. The Bertz CT molecular complexity index is 85.7. The van der Waals surface area contributed by atoms with Crippen LogP contribution in [0.15, 0.2) is 6.08 Å². The van der Waals surface area contributed by atoms with E-state index in [1.807, 2.05) is 0 Å². The van der Waals surface area contributed by atoms with E-state index < -0.39 is 0 Å². The van der Waals surface area contributed by atoms with Crippen molar-refractivity contribution < 1.29 is 9.90 Å². The number of carbonyl (C=O) groups excluding carboxylic acids is 1. The summed E-state index contributed by atoms with van der Waals surface area (Å²) in [5.74, 6) is 1.62. The first-order valence-corrected chi connectivity index (χ1v) is 3.28. The molecule has 0 aromatic rings. The van der Waals surface area contributed by atoms with Crippen molar-refractivity contribution in [2.75, 3.05) is 6.61 Å². The fraction of sp³-hybridized carbons (Fsp3) is 0.500. The second-order valence-corrected chi connectivity index (χ2v) is 2.93. The Balaban J connectivity index is 3.35. The van der Waals surface area contributed by atoms with E-state index >= 15 is 0 Å². The van der Waals surface area contributed by atoms with E-state index in [0.29, 0.717) is 0 Å². The van der Waals surface area contributed by atoms with Crippen LogP contribution in [-0.2, 0) is 4.79 Å². The molecule has 0 rings (SSSR count). The maximum atomic E-state index is 9.50. The molecular weight excluding hydrogens is 108 g/mol. The smallest absolute Gasteiger partial charge is 0.120 e.